The summed E-state index contributed by atoms with van der Waals surface area (Å²) < 4.78 is 33.2. The Bertz CT molecular complexity index is 616. The second-order valence-electron chi connectivity index (χ2n) is 5.67. The molecule has 1 atom stereocenters. The maximum atomic E-state index is 12.7. The van der Waals surface area contributed by atoms with Crippen molar-refractivity contribution in [2.75, 3.05) is 18.8 Å². The minimum Gasteiger partial charge on any atom is -0.398 e. The smallest absolute Gasteiger partial charge is 0.243 e. The maximum absolute atomic E-state index is 12.7. The van der Waals surface area contributed by atoms with Crippen molar-refractivity contribution in [3.8, 4) is 0 Å². The Labute approximate surface area is 128 Å². The zero-order chi connectivity index (χ0) is 15.1. The lowest BCUT2D eigenvalue weighted by Crippen LogP contribution is -2.53. The maximum Gasteiger partial charge on any atom is 0.243 e. The quantitative estimate of drug-likeness (QED) is 0.818. The van der Waals surface area contributed by atoms with E-state index in [-0.39, 0.29) is 11.0 Å². The van der Waals surface area contributed by atoms with E-state index in [0.717, 1.165) is 0 Å². The standard InChI is InChI=1S/C13H19BrN2O3S/c1-9-7-16(8-13(2,3)19-9)20(17,18)10-4-5-12(15)11(14)6-10/h4-6,9H,7-8,15H2,1-3H3. The molecule has 7 heteroatoms. The molecule has 0 amide bonds. The number of benzene rings is 1. The van der Waals surface area contributed by atoms with Gasteiger partial charge in [-0.05, 0) is 54.9 Å². The first kappa shape index (κ1) is 15.8. The lowest BCUT2D eigenvalue weighted by molar-refractivity contribution is -0.109. The molecule has 1 saturated heterocycles. The van der Waals surface area contributed by atoms with Crippen molar-refractivity contribution in [3.63, 3.8) is 0 Å². The number of nitrogens with two attached hydrogens (primary N) is 1. The summed E-state index contributed by atoms with van der Waals surface area (Å²) in [5.74, 6) is 0. The average Bonchev–Trinajstić information content (AvgIpc) is 2.30. The molecule has 0 aromatic heterocycles. The molecule has 1 fully saturated rings. The fraction of sp³-hybridized carbons (Fsp3) is 0.538. The van der Waals surface area contributed by atoms with E-state index in [1.807, 2.05) is 20.8 Å². The number of rotatable bonds is 2. The lowest BCUT2D eigenvalue weighted by atomic mass is 10.1. The molecule has 2 N–H and O–H groups in total. The molecule has 112 valence electrons. The summed E-state index contributed by atoms with van der Waals surface area (Å²) in [7, 11) is -3.54. The summed E-state index contributed by atoms with van der Waals surface area (Å²) in [6, 6.07) is 4.66. The number of morpholine rings is 1. The molecular formula is C13H19BrN2O3S. The monoisotopic (exact) mass is 362 g/mol. The molecule has 2 rings (SSSR count). The normalized spacial score (nSPS) is 23.7. The first-order valence-electron chi connectivity index (χ1n) is 6.35. The van der Waals surface area contributed by atoms with Crippen LogP contribution < -0.4 is 5.73 Å². The molecule has 1 aliphatic heterocycles. The largest absolute Gasteiger partial charge is 0.398 e. The van der Waals surface area contributed by atoms with Crippen LogP contribution in [-0.2, 0) is 14.8 Å². The van der Waals surface area contributed by atoms with Gasteiger partial charge in [-0.25, -0.2) is 8.42 Å². The van der Waals surface area contributed by atoms with Crippen LogP contribution in [0.4, 0.5) is 5.69 Å². The minimum atomic E-state index is -3.54. The molecule has 1 aromatic rings. The van der Waals surface area contributed by atoms with Gasteiger partial charge in [0.1, 0.15) is 0 Å². The first-order valence-corrected chi connectivity index (χ1v) is 8.58. The summed E-state index contributed by atoms with van der Waals surface area (Å²) in [6.45, 7) is 6.35. The minimum absolute atomic E-state index is 0.134. The first-order chi connectivity index (χ1) is 9.12. The number of anilines is 1. The predicted molar refractivity (Wildman–Crippen MR) is 81.9 cm³/mol. The fourth-order valence-electron chi connectivity index (χ4n) is 2.40. The van der Waals surface area contributed by atoms with Crippen LogP contribution in [0.5, 0.6) is 0 Å². The summed E-state index contributed by atoms with van der Waals surface area (Å²) in [6.07, 6.45) is -0.134. The van der Waals surface area contributed by atoms with Gasteiger partial charge in [0.15, 0.2) is 0 Å². The molecule has 0 radical (unpaired) electrons. The van der Waals surface area contributed by atoms with Gasteiger partial charge in [0.25, 0.3) is 0 Å². The van der Waals surface area contributed by atoms with Crippen molar-refractivity contribution in [2.24, 2.45) is 0 Å². The van der Waals surface area contributed by atoms with Gasteiger partial charge in [-0.2, -0.15) is 4.31 Å². The van der Waals surface area contributed by atoms with Crippen LogP contribution in [0.3, 0.4) is 0 Å². The highest BCUT2D eigenvalue weighted by Crippen LogP contribution is 2.29. The zero-order valence-corrected chi connectivity index (χ0v) is 14.2. The Morgan fingerprint density at radius 2 is 2.10 bits per heavy atom. The highest BCUT2D eigenvalue weighted by atomic mass is 79.9. The van der Waals surface area contributed by atoms with E-state index < -0.39 is 15.6 Å². The van der Waals surface area contributed by atoms with Crippen molar-refractivity contribution in [3.05, 3.63) is 22.7 Å². The molecule has 1 aromatic carbocycles. The Hall–Kier alpha value is -0.630. The fourth-order valence-corrected chi connectivity index (χ4v) is 4.62. The van der Waals surface area contributed by atoms with Crippen molar-refractivity contribution in [1.29, 1.82) is 0 Å². The number of hydrogen-bond donors (Lipinski definition) is 1. The third-order valence-corrected chi connectivity index (χ3v) is 5.64. The summed E-state index contributed by atoms with van der Waals surface area (Å²) in [4.78, 5) is 0.239. The predicted octanol–water partition coefficient (Wildman–Crippen LogP) is 2.22. The van der Waals surface area contributed by atoms with E-state index in [4.69, 9.17) is 10.5 Å². The van der Waals surface area contributed by atoms with Gasteiger partial charge in [-0.15, -0.1) is 0 Å². The van der Waals surface area contributed by atoms with Crippen LogP contribution in [-0.4, -0.2) is 37.5 Å². The zero-order valence-electron chi connectivity index (χ0n) is 11.8. The Morgan fingerprint density at radius 3 is 2.65 bits per heavy atom. The van der Waals surface area contributed by atoms with Gasteiger partial charge in [0.2, 0.25) is 10.0 Å². The van der Waals surface area contributed by atoms with Crippen molar-refractivity contribution in [2.45, 2.75) is 37.4 Å². The highest BCUT2D eigenvalue weighted by Gasteiger charge is 2.37. The summed E-state index contributed by atoms with van der Waals surface area (Å²) in [5.41, 5.74) is 5.72. The topological polar surface area (TPSA) is 72.6 Å². The molecule has 0 bridgehead atoms. The van der Waals surface area contributed by atoms with Gasteiger partial charge >= 0.3 is 0 Å². The second-order valence-corrected chi connectivity index (χ2v) is 8.46. The van der Waals surface area contributed by atoms with Crippen LogP contribution in [0, 0.1) is 0 Å². The number of hydrogen-bond acceptors (Lipinski definition) is 4. The van der Waals surface area contributed by atoms with E-state index in [1.165, 1.54) is 16.4 Å². The third kappa shape index (κ3) is 3.16. The molecule has 0 spiro atoms. The van der Waals surface area contributed by atoms with Gasteiger partial charge < -0.3 is 10.5 Å². The van der Waals surface area contributed by atoms with Crippen molar-refractivity contribution in [1.82, 2.24) is 4.31 Å². The molecule has 1 aliphatic rings. The summed E-state index contributed by atoms with van der Waals surface area (Å²) in [5, 5.41) is 0. The lowest BCUT2D eigenvalue weighted by Gasteiger charge is -2.40. The molecule has 0 aliphatic carbocycles. The molecule has 1 heterocycles. The van der Waals surface area contributed by atoms with E-state index >= 15 is 0 Å². The third-order valence-electron chi connectivity index (χ3n) is 3.15. The molecule has 5 nitrogen and oxygen atoms in total. The molecule has 20 heavy (non-hydrogen) atoms. The average molecular weight is 363 g/mol. The van der Waals surface area contributed by atoms with Crippen LogP contribution in [0.1, 0.15) is 20.8 Å². The van der Waals surface area contributed by atoms with E-state index in [1.54, 1.807) is 6.07 Å². The van der Waals surface area contributed by atoms with E-state index in [9.17, 15) is 8.42 Å². The number of nitrogen functional groups attached to an aromatic ring is 1. The Kier molecular flexibility index (Phi) is 4.17. The number of sulfonamides is 1. The Morgan fingerprint density at radius 1 is 1.45 bits per heavy atom. The van der Waals surface area contributed by atoms with Crippen LogP contribution in [0.25, 0.3) is 0 Å². The highest BCUT2D eigenvalue weighted by molar-refractivity contribution is 9.10. The van der Waals surface area contributed by atoms with E-state index in [2.05, 4.69) is 15.9 Å². The molecule has 0 saturated carbocycles. The van der Waals surface area contributed by atoms with Crippen LogP contribution >= 0.6 is 15.9 Å². The van der Waals surface area contributed by atoms with Crippen LogP contribution in [0.15, 0.2) is 27.6 Å². The van der Waals surface area contributed by atoms with Crippen LogP contribution in [0.2, 0.25) is 0 Å². The van der Waals surface area contributed by atoms with Gasteiger partial charge in [0.05, 0.1) is 16.6 Å². The van der Waals surface area contributed by atoms with Crippen molar-refractivity contribution < 1.29 is 13.2 Å². The van der Waals surface area contributed by atoms with E-state index in [0.29, 0.717) is 23.2 Å². The second kappa shape index (κ2) is 5.29. The number of ether oxygens (including phenoxy) is 1. The van der Waals surface area contributed by atoms with Gasteiger partial charge in [0, 0.05) is 23.2 Å². The van der Waals surface area contributed by atoms with Crippen molar-refractivity contribution >= 4 is 31.6 Å². The van der Waals surface area contributed by atoms with Gasteiger partial charge in [-0.1, -0.05) is 0 Å². The number of nitrogens with zero attached hydrogens (tertiary/aromatic N) is 1. The molecular weight excluding hydrogens is 344 g/mol. The SMILES string of the molecule is CC1CN(S(=O)(=O)c2ccc(N)c(Br)c2)CC(C)(C)O1. The summed E-state index contributed by atoms with van der Waals surface area (Å²) >= 11 is 3.26. The molecule has 1 unspecified atom stereocenters. The number of halogens is 1. The Balaban J connectivity index is 2.36. The van der Waals surface area contributed by atoms with Gasteiger partial charge in [-0.3, -0.25) is 0 Å².